The van der Waals surface area contributed by atoms with Gasteiger partial charge in [-0.25, -0.2) is 0 Å². The van der Waals surface area contributed by atoms with Gasteiger partial charge in [-0.3, -0.25) is 19.2 Å². The lowest BCUT2D eigenvalue weighted by Gasteiger charge is -2.29. The molecular formula is C33H46F3N5O5. The Hall–Kier alpha value is -4.13. The van der Waals surface area contributed by atoms with E-state index in [-0.39, 0.29) is 36.7 Å². The maximum absolute atomic E-state index is 13.5. The molecule has 1 unspecified atom stereocenters. The van der Waals surface area contributed by atoms with Crippen molar-refractivity contribution >= 4 is 23.6 Å². The Morgan fingerprint density at radius 2 is 1.48 bits per heavy atom. The predicted octanol–water partition coefficient (Wildman–Crippen LogP) is 3.38. The van der Waals surface area contributed by atoms with Gasteiger partial charge in [0.2, 0.25) is 23.6 Å². The van der Waals surface area contributed by atoms with E-state index < -0.39 is 54.0 Å². The van der Waals surface area contributed by atoms with Crippen molar-refractivity contribution in [3.63, 3.8) is 0 Å². The van der Waals surface area contributed by atoms with Crippen LogP contribution in [0, 0.1) is 11.8 Å². The number of ether oxygens (including phenoxy) is 1. The molecule has 2 aromatic carbocycles. The fourth-order valence-corrected chi connectivity index (χ4v) is 4.61. The molecule has 0 aliphatic carbocycles. The number of carbonyl (C=O) groups excluding carboxylic acids is 4. The number of carbonyl (C=O) groups is 4. The zero-order chi connectivity index (χ0) is 34.4. The Balaban J connectivity index is 2.09. The van der Waals surface area contributed by atoms with Gasteiger partial charge in [-0.15, -0.1) is 13.2 Å². The Bertz CT molecular complexity index is 1290. The second-order valence-corrected chi connectivity index (χ2v) is 12.1. The summed E-state index contributed by atoms with van der Waals surface area (Å²) in [5.74, 6) is -2.30. The summed E-state index contributed by atoms with van der Waals surface area (Å²) in [5, 5.41) is 11.0. The molecule has 0 radical (unpaired) electrons. The molecule has 13 heteroatoms. The minimum atomic E-state index is -4.88. The topological polar surface area (TPSA) is 152 Å². The summed E-state index contributed by atoms with van der Waals surface area (Å²) in [5.41, 5.74) is 7.58. The molecule has 46 heavy (non-hydrogen) atoms. The zero-order valence-corrected chi connectivity index (χ0v) is 26.9. The van der Waals surface area contributed by atoms with E-state index in [4.69, 9.17) is 5.73 Å². The number of nitrogens with one attached hydrogen (secondary N) is 4. The Morgan fingerprint density at radius 1 is 0.826 bits per heavy atom. The van der Waals surface area contributed by atoms with Gasteiger partial charge in [-0.1, -0.05) is 70.2 Å². The van der Waals surface area contributed by atoms with Gasteiger partial charge in [-0.05, 0) is 54.9 Å². The average Bonchev–Trinajstić information content (AvgIpc) is 2.94. The van der Waals surface area contributed by atoms with E-state index in [2.05, 4.69) is 26.0 Å². The highest BCUT2D eigenvalue weighted by molar-refractivity contribution is 5.89. The van der Waals surface area contributed by atoms with Gasteiger partial charge in [0.05, 0.1) is 6.42 Å². The van der Waals surface area contributed by atoms with E-state index in [1.54, 1.807) is 20.8 Å². The van der Waals surface area contributed by atoms with Crippen LogP contribution in [0.2, 0.25) is 0 Å². The van der Waals surface area contributed by atoms with Gasteiger partial charge in [0.25, 0.3) is 0 Å². The lowest BCUT2D eigenvalue weighted by molar-refractivity contribution is -0.274. The minimum absolute atomic E-state index is 0.184. The molecule has 0 aromatic heterocycles. The summed E-state index contributed by atoms with van der Waals surface area (Å²) in [4.78, 5) is 51.6. The largest absolute Gasteiger partial charge is 0.573 e. The Labute approximate surface area is 268 Å². The second kappa shape index (κ2) is 18.1. The first kappa shape index (κ1) is 38.1. The van der Waals surface area contributed by atoms with E-state index in [0.29, 0.717) is 12.5 Å². The molecule has 2 aromatic rings. The van der Waals surface area contributed by atoms with Gasteiger partial charge in [0.15, 0.2) is 0 Å². The van der Waals surface area contributed by atoms with E-state index in [1.165, 1.54) is 12.1 Å². The third-order valence-electron chi connectivity index (χ3n) is 7.12. The number of rotatable bonds is 17. The maximum Gasteiger partial charge on any atom is 0.573 e. The van der Waals surface area contributed by atoms with Crippen LogP contribution in [0.3, 0.4) is 0 Å². The summed E-state index contributed by atoms with van der Waals surface area (Å²) in [6, 6.07) is 10.9. The van der Waals surface area contributed by atoms with Gasteiger partial charge >= 0.3 is 6.36 Å². The molecule has 254 valence electrons. The van der Waals surface area contributed by atoms with Crippen molar-refractivity contribution in [1.82, 2.24) is 21.3 Å². The molecule has 0 aliphatic heterocycles. The van der Waals surface area contributed by atoms with Gasteiger partial charge in [0.1, 0.15) is 17.8 Å². The van der Waals surface area contributed by atoms with Crippen LogP contribution in [0.1, 0.15) is 58.6 Å². The summed E-state index contributed by atoms with van der Waals surface area (Å²) in [6.45, 7) is 9.62. The summed E-state index contributed by atoms with van der Waals surface area (Å²) < 4.78 is 41.8. The summed E-state index contributed by atoms with van der Waals surface area (Å²) in [7, 11) is 0. The quantitative estimate of drug-likeness (QED) is 0.177. The van der Waals surface area contributed by atoms with Crippen LogP contribution in [-0.2, 0) is 32.0 Å². The number of hydrogen-bond donors (Lipinski definition) is 5. The fraction of sp³-hybridized carbons (Fsp3) is 0.515. The van der Waals surface area contributed by atoms with Gasteiger partial charge in [-0.2, -0.15) is 0 Å². The predicted molar refractivity (Wildman–Crippen MR) is 168 cm³/mol. The molecule has 0 saturated carbocycles. The molecule has 10 nitrogen and oxygen atoms in total. The van der Waals surface area contributed by atoms with Crippen molar-refractivity contribution in [3.8, 4) is 5.75 Å². The van der Waals surface area contributed by atoms with Gasteiger partial charge in [0, 0.05) is 25.0 Å². The van der Waals surface area contributed by atoms with Crippen molar-refractivity contribution in [2.75, 3.05) is 6.54 Å². The van der Waals surface area contributed by atoms with Crippen molar-refractivity contribution in [2.24, 2.45) is 17.6 Å². The zero-order valence-electron chi connectivity index (χ0n) is 26.9. The molecule has 4 atom stereocenters. The van der Waals surface area contributed by atoms with Crippen molar-refractivity contribution < 1.29 is 37.1 Å². The highest BCUT2D eigenvalue weighted by Crippen LogP contribution is 2.23. The van der Waals surface area contributed by atoms with E-state index >= 15 is 0 Å². The summed E-state index contributed by atoms with van der Waals surface area (Å²) in [6.07, 6.45) is -4.25. The van der Waals surface area contributed by atoms with Crippen molar-refractivity contribution in [1.29, 1.82) is 0 Å². The van der Waals surface area contributed by atoms with Crippen LogP contribution in [0.15, 0.2) is 54.6 Å². The molecule has 2 rings (SSSR count). The molecule has 4 amide bonds. The van der Waals surface area contributed by atoms with Crippen LogP contribution in [0.4, 0.5) is 13.2 Å². The van der Waals surface area contributed by atoms with Crippen LogP contribution < -0.4 is 31.7 Å². The highest BCUT2D eigenvalue weighted by atomic mass is 19.4. The molecule has 0 fully saturated rings. The molecular weight excluding hydrogens is 603 g/mol. The lowest BCUT2D eigenvalue weighted by Crippen LogP contribution is -2.57. The van der Waals surface area contributed by atoms with Crippen LogP contribution in [0.5, 0.6) is 5.75 Å². The Morgan fingerprint density at radius 3 is 2.09 bits per heavy atom. The Kier molecular flexibility index (Phi) is 15.0. The smallest absolute Gasteiger partial charge is 0.406 e. The number of hydrogen-bond acceptors (Lipinski definition) is 6. The summed E-state index contributed by atoms with van der Waals surface area (Å²) >= 11 is 0. The number of nitrogens with two attached hydrogens (primary N) is 1. The third-order valence-corrected chi connectivity index (χ3v) is 7.12. The number of amides is 4. The van der Waals surface area contributed by atoms with Crippen molar-refractivity contribution in [2.45, 2.75) is 90.8 Å². The first-order valence-electron chi connectivity index (χ1n) is 15.3. The first-order valence-corrected chi connectivity index (χ1v) is 15.3. The van der Waals surface area contributed by atoms with Crippen LogP contribution >= 0.6 is 0 Å². The molecule has 0 heterocycles. The standard InChI is InChI=1S/C33H46F3N5O5/c1-20(2)14-15-38-31(44)22(5)39-29(43)19-26(37)27(17-23-10-7-6-8-11-23)40-32(45)30(21(3)4)41-28(42)18-24-12-9-13-25(16-24)46-33(34,35)36/h6-13,16,20-22,26-27,30H,14-15,17-19,37H2,1-5H3,(H,38,44)(H,39,43)(H,40,45)(H,41,42)/t22-,26-,27-,30?/m0/s1. The number of benzene rings is 2. The lowest BCUT2D eigenvalue weighted by atomic mass is 9.95. The number of halogens is 3. The third kappa shape index (κ3) is 14.3. The SMILES string of the molecule is CC(C)CCNC(=O)[C@H](C)NC(=O)C[C@H](N)[C@H](Cc1ccccc1)NC(=O)C(NC(=O)Cc1cccc(OC(F)(F)F)c1)C(C)C. The normalized spacial score (nSPS) is 14.2. The van der Waals surface area contributed by atoms with E-state index in [9.17, 15) is 32.3 Å². The monoisotopic (exact) mass is 649 g/mol. The molecule has 0 aliphatic rings. The van der Waals surface area contributed by atoms with Gasteiger partial charge < -0.3 is 31.7 Å². The molecule has 0 bridgehead atoms. The second-order valence-electron chi connectivity index (χ2n) is 12.1. The minimum Gasteiger partial charge on any atom is -0.406 e. The van der Waals surface area contributed by atoms with Crippen molar-refractivity contribution in [3.05, 3.63) is 65.7 Å². The fourth-order valence-electron chi connectivity index (χ4n) is 4.61. The van der Waals surface area contributed by atoms with Crippen LogP contribution in [0.25, 0.3) is 0 Å². The van der Waals surface area contributed by atoms with Crippen LogP contribution in [-0.4, -0.2) is 60.7 Å². The highest BCUT2D eigenvalue weighted by Gasteiger charge is 2.32. The molecule has 0 spiro atoms. The average molecular weight is 650 g/mol. The van der Waals surface area contributed by atoms with E-state index in [0.717, 1.165) is 24.1 Å². The number of alkyl halides is 3. The van der Waals surface area contributed by atoms with E-state index in [1.807, 2.05) is 44.2 Å². The maximum atomic E-state index is 13.5. The first-order chi connectivity index (χ1) is 21.5. The molecule has 0 saturated heterocycles. The molecule has 6 N–H and O–H groups in total.